The van der Waals surface area contributed by atoms with E-state index in [1.807, 2.05) is 117 Å². The molecule has 4 aromatic carbocycles. The van der Waals surface area contributed by atoms with Gasteiger partial charge in [-0.05, 0) is 46.0 Å². The van der Waals surface area contributed by atoms with Gasteiger partial charge in [-0.3, -0.25) is 14.5 Å². The molecule has 14 nitrogen and oxygen atoms in total. The molecule has 8 rings (SSSR count). The number of nitrogens with zero attached hydrogens (tertiary/aromatic N) is 5. The van der Waals surface area contributed by atoms with E-state index in [9.17, 15) is 18.8 Å². The zero-order valence-electron chi connectivity index (χ0n) is 35.4. The van der Waals surface area contributed by atoms with Gasteiger partial charge in [0.1, 0.15) is 60.9 Å². The third-order valence-corrected chi connectivity index (χ3v) is 12.9. The van der Waals surface area contributed by atoms with Crippen LogP contribution in [0, 0.1) is 0 Å². The number of methoxy groups -OCH3 is 1. The van der Waals surface area contributed by atoms with E-state index in [1.165, 1.54) is 16.7 Å². The predicted molar refractivity (Wildman–Crippen MR) is 242 cm³/mol. The highest BCUT2D eigenvalue weighted by Gasteiger charge is 2.55. The molecule has 2 amide bonds. The second kappa shape index (κ2) is 19.6. The molecule has 2 fully saturated rings. The lowest BCUT2D eigenvalue weighted by Gasteiger charge is -2.49. The number of esters is 1. The number of oxime groups is 1. The summed E-state index contributed by atoms with van der Waals surface area (Å²) in [7, 11) is 5.51. The Morgan fingerprint density at radius 2 is 1.61 bits per heavy atom. The van der Waals surface area contributed by atoms with Crippen LogP contribution < -0.4 is 15.4 Å². The van der Waals surface area contributed by atoms with Gasteiger partial charge in [0, 0.05) is 23.7 Å². The number of fused-ring (bicyclic) bond motifs is 1. The lowest BCUT2D eigenvalue weighted by Crippen LogP contribution is -2.71. The number of β-lactam (4-membered cyclic amide) rings is 1. The maximum absolute atomic E-state index is 14.2. The van der Waals surface area contributed by atoms with Crippen LogP contribution in [0.3, 0.4) is 0 Å². The van der Waals surface area contributed by atoms with Crippen LogP contribution in [0.25, 0.3) is 0 Å². The SMILES string of the molecule is COc1ccc(COC(=O)C2=C(/C=C/C3CC[N+](C)(C)O3)CS[C@@H]3[C@H](NC(=O)/C(=N\OCCF)c4nsc(NC(c5ccccc5)(c5ccccc5)c5ccccc5)n4)C(=O)N23)cc1. The third kappa shape index (κ3) is 9.43. The number of ether oxygens (including phenoxy) is 2. The van der Waals surface area contributed by atoms with Gasteiger partial charge in [-0.1, -0.05) is 114 Å². The zero-order valence-corrected chi connectivity index (χ0v) is 37.0. The van der Waals surface area contributed by atoms with Crippen LogP contribution in [0.1, 0.15) is 34.5 Å². The molecule has 2 N–H and O–H groups in total. The number of nitrogens with one attached hydrogen (secondary N) is 2. The number of rotatable bonds is 17. The maximum atomic E-state index is 14.2. The fourth-order valence-corrected chi connectivity index (χ4v) is 9.76. The van der Waals surface area contributed by atoms with Crippen molar-refractivity contribution in [1.29, 1.82) is 0 Å². The number of allylic oxidation sites excluding steroid dienone is 1. The van der Waals surface area contributed by atoms with E-state index in [4.69, 9.17) is 24.1 Å². The molecule has 0 bridgehead atoms. The summed E-state index contributed by atoms with van der Waals surface area (Å²) in [6.45, 7) is -0.504. The van der Waals surface area contributed by atoms with Gasteiger partial charge < -0.3 is 24.9 Å². The highest BCUT2D eigenvalue weighted by Crippen LogP contribution is 2.42. The summed E-state index contributed by atoms with van der Waals surface area (Å²) >= 11 is 2.39. The number of hydroxylamine groups is 3. The molecule has 3 atom stereocenters. The Morgan fingerprint density at radius 1 is 0.969 bits per heavy atom. The van der Waals surface area contributed by atoms with Crippen LogP contribution in [0.2, 0.25) is 0 Å². The van der Waals surface area contributed by atoms with Gasteiger partial charge in [0.05, 0.1) is 21.2 Å². The highest BCUT2D eigenvalue weighted by molar-refractivity contribution is 8.00. The molecule has 0 aliphatic carbocycles. The lowest BCUT2D eigenvalue weighted by atomic mass is 9.77. The minimum Gasteiger partial charge on any atom is -0.497 e. The first kappa shape index (κ1) is 44.2. The van der Waals surface area contributed by atoms with Crippen molar-refractivity contribution in [2.45, 2.75) is 36.1 Å². The van der Waals surface area contributed by atoms with Crippen LogP contribution >= 0.6 is 23.3 Å². The van der Waals surface area contributed by atoms with E-state index in [2.05, 4.69) is 20.2 Å². The molecule has 17 heteroatoms. The van der Waals surface area contributed by atoms with Crippen molar-refractivity contribution < 1.29 is 42.6 Å². The number of hydrogen-bond donors (Lipinski definition) is 2. The summed E-state index contributed by atoms with van der Waals surface area (Å²) < 4.78 is 29.2. The molecule has 330 valence electrons. The van der Waals surface area contributed by atoms with E-state index < -0.39 is 48.0 Å². The summed E-state index contributed by atoms with van der Waals surface area (Å²) in [4.78, 5) is 59.6. The predicted octanol–water partition coefficient (Wildman–Crippen LogP) is 6.37. The summed E-state index contributed by atoms with van der Waals surface area (Å²) in [5.41, 5.74) is 2.88. The first-order valence-electron chi connectivity index (χ1n) is 20.6. The Kier molecular flexibility index (Phi) is 13.5. The van der Waals surface area contributed by atoms with Gasteiger partial charge in [0.2, 0.25) is 16.7 Å². The molecule has 0 radical (unpaired) electrons. The third-order valence-electron chi connectivity index (χ3n) is 11.0. The molecule has 0 spiro atoms. The Labute approximate surface area is 378 Å². The lowest BCUT2D eigenvalue weighted by molar-refractivity contribution is -1.06. The number of quaternary nitrogens is 1. The van der Waals surface area contributed by atoms with Gasteiger partial charge in [-0.2, -0.15) is 18.8 Å². The average Bonchev–Trinajstić information content (AvgIpc) is 3.95. The number of benzene rings is 4. The first-order valence-corrected chi connectivity index (χ1v) is 22.5. The number of amides is 2. The molecule has 64 heavy (non-hydrogen) atoms. The molecule has 0 saturated carbocycles. The summed E-state index contributed by atoms with van der Waals surface area (Å²) in [6.07, 6.45) is 4.33. The smallest absolute Gasteiger partial charge is 0.355 e. The van der Waals surface area contributed by atoms with E-state index in [-0.39, 0.29) is 29.9 Å². The van der Waals surface area contributed by atoms with E-state index in [0.717, 1.165) is 46.8 Å². The van der Waals surface area contributed by atoms with Crippen molar-refractivity contribution >= 4 is 51.9 Å². The Hall–Kier alpha value is -6.40. The van der Waals surface area contributed by atoms with Gasteiger partial charge >= 0.3 is 5.97 Å². The molecule has 3 aliphatic rings. The Balaban J connectivity index is 1.05. The first-order chi connectivity index (χ1) is 31.1. The Morgan fingerprint density at radius 3 is 2.19 bits per heavy atom. The molecular weight excluding hydrogens is 858 g/mol. The number of anilines is 1. The van der Waals surface area contributed by atoms with Gasteiger partial charge in [-0.25, -0.2) is 9.18 Å². The van der Waals surface area contributed by atoms with Crippen molar-refractivity contribution in [3.8, 4) is 5.75 Å². The number of thioether (sulfide) groups is 1. The van der Waals surface area contributed by atoms with Crippen LogP contribution in [-0.2, 0) is 40.9 Å². The summed E-state index contributed by atoms with van der Waals surface area (Å²) in [6, 6.07) is 35.8. The van der Waals surface area contributed by atoms with Gasteiger partial charge in [0.25, 0.3) is 11.8 Å². The minimum atomic E-state index is -1.06. The number of carbonyl (C=O) groups excluding carboxylic acids is 3. The second-order valence-corrected chi connectivity index (χ2v) is 17.5. The number of aromatic nitrogens is 2. The molecule has 2 saturated heterocycles. The quantitative estimate of drug-likeness (QED) is 0.0204. The average molecular weight is 905 g/mol. The van der Waals surface area contributed by atoms with Crippen LogP contribution in [0.4, 0.5) is 9.52 Å². The molecule has 1 unspecified atom stereocenters. The largest absolute Gasteiger partial charge is 0.497 e. The fraction of sp³-hybridized carbons (Fsp3) is 0.277. The molecule has 1 aromatic heterocycles. The topological polar surface area (TPSA) is 154 Å². The summed E-state index contributed by atoms with van der Waals surface area (Å²) in [5, 5.41) is 10.1. The molecule has 4 heterocycles. The van der Waals surface area contributed by atoms with Gasteiger partial charge in [0.15, 0.2) is 0 Å². The fourth-order valence-electron chi connectivity index (χ4n) is 7.81. The number of hydrogen-bond acceptors (Lipinski definition) is 13. The van der Waals surface area contributed by atoms with Crippen molar-refractivity contribution in [2.75, 3.05) is 52.1 Å². The van der Waals surface area contributed by atoms with E-state index in [1.54, 1.807) is 31.4 Å². The molecule has 3 aliphatic heterocycles. The van der Waals surface area contributed by atoms with Crippen molar-refractivity contribution in [1.82, 2.24) is 19.6 Å². The van der Waals surface area contributed by atoms with E-state index >= 15 is 0 Å². The maximum Gasteiger partial charge on any atom is 0.355 e. The molecule has 5 aromatic rings. The van der Waals surface area contributed by atoms with Gasteiger partial charge in [-0.15, -0.1) is 11.8 Å². The minimum absolute atomic E-state index is 0.0416. The standard InChI is InChI=1S/C47H46FN7O7S2/c1-55(2)27-25-37(62-55)24-21-32-30-63-44-39(43(57)54(44)40(32)45(58)60-29-31-19-22-36(59-3)23-20-31)49-42(56)38(52-61-28-26-48)41-50-46(64-53-41)51-47(33-13-7-4-8-14-33,34-15-9-5-10-16-34)35-17-11-6-12-18-35/h4-24,37,39,44H,25-30H2,1-3H3,(H-,49,50,51,53,56)/p+1/b24-21+,52-38-/t37?,39-,44-/m1/s1. The van der Waals surface area contributed by atoms with Crippen molar-refractivity contribution in [3.05, 3.63) is 167 Å². The van der Waals surface area contributed by atoms with Crippen molar-refractivity contribution in [2.24, 2.45) is 5.16 Å². The summed E-state index contributed by atoms with van der Waals surface area (Å²) in [5.74, 6) is -1.14. The number of alkyl halides is 1. The second-order valence-electron chi connectivity index (χ2n) is 15.6. The van der Waals surface area contributed by atoms with Crippen molar-refractivity contribution in [3.63, 3.8) is 0 Å². The Bertz CT molecular complexity index is 2440. The zero-order chi connectivity index (χ0) is 44.7. The van der Waals surface area contributed by atoms with Crippen LogP contribution in [0.15, 0.2) is 144 Å². The molecular formula is C47H47FN7O7S2+. The monoisotopic (exact) mass is 904 g/mol. The van der Waals surface area contributed by atoms with Crippen LogP contribution in [-0.4, -0.2) is 107 Å². The number of carbonyl (C=O) groups is 3. The normalized spacial score (nSPS) is 19.5. The van der Waals surface area contributed by atoms with Crippen LogP contribution in [0.5, 0.6) is 5.75 Å². The van der Waals surface area contributed by atoms with E-state index in [0.29, 0.717) is 26.9 Å². The number of halogens is 1. The highest BCUT2D eigenvalue weighted by atomic mass is 32.2.